The lowest BCUT2D eigenvalue weighted by Gasteiger charge is -2.26. The van der Waals surface area contributed by atoms with Gasteiger partial charge in [-0.2, -0.15) is 5.26 Å². The molecule has 0 spiro atoms. The van der Waals surface area contributed by atoms with Gasteiger partial charge < -0.3 is 10.1 Å². The van der Waals surface area contributed by atoms with Gasteiger partial charge in [-0.3, -0.25) is 10.1 Å². The Bertz CT molecular complexity index is 725. The van der Waals surface area contributed by atoms with Crippen molar-refractivity contribution < 1.29 is 9.53 Å². The van der Waals surface area contributed by atoms with Gasteiger partial charge in [0, 0.05) is 19.1 Å². The molecule has 0 bridgehead atoms. The minimum atomic E-state index is -0.222. The van der Waals surface area contributed by atoms with Crippen LogP contribution in [0.4, 0.5) is 0 Å². The molecule has 2 rings (SSSR count). The summed E-state index contributed by atoms with van der Waals surface area (Å²) in [7, 11) is 1.66. The summed E-state index contributed by atoms with van der Waals surface area (Å²) in [4.78, 5) is 13.4. The molecule has 1 saturated carbocycles. The van der Waals surface area contributed by atoms with E-state index in [0.717, 1.165) is 17.6 Å². The van der Waals surface area contributed by atoms with Crippen molar-refractivity contribution in [2.24, 2.45) is 23.7 Å². The first-order chi connectivity index (χ1) is 13.3. The molecule has 0 heterocycles. The van der Waals surface area contributed by atoms with Gasteiger partial charge in [0.1, 0.15) is 0 Å². The van der Waals surface area contributed by atoms with Gasteiger partial charge in [0.05, 0.1) is 24.7 Å². The summed E-state index contributed by atoms with van der Waals surface area (Å²) in [6.45, 7) is 8.82. The molecule has 2 aliphatic rings. The Kier molecular flexibility index (Phi) is 8.22. The number of allylic oxidation sites excluding steroid dienone is 8. The SMILES string of the molecule is COCNC(N/C(=C/C(C)C)C(=O)[C@H]1C=C(C)C=C(/C=C/C#N)C1)C1CC1C. The molecule has 5 heteroatoms. The first-order valence-corrected chi connectivity index (χ1v) is 10.1. The number of hydrogen-bond donors (Lipinski definition) is 2. The lowest BCUT2D eigenvalue weighted by Crippen LogP contribution is -2.46. The van der Waals surface area contributed by atoms with Gasteiger partial charge >= 0.3 is 0 Å². The normalized spacial score (nSPS) is 25.9. The zero-order chi connectivity index (χ0) is 20.7. The Morgan fingerprint density at radius 1 is 1.46 bits per heavy atom. The van der Waals surface area contributed by atoms with Crippen molar-refractivity contribution >= 4 is 5.78 Å². The van der Waals surface area contributed by atoms with Crippen LogP contribution in [0.3, 0.4) is 0 Å². The molecule has 28 heavy (non-hydrogen) atoms. The molecule has 2 N–H and O–H groups in total. The molecule has 3 unspecified atom stereocenters. The number of Topliss-reactive ketones (excluding diaryl/α,β-unsaturated/α-hetero) is 1. The van der Waals surface area contributed by atoms with Gasteiger partial charge in [0.15, 0.2) is 5.78 Å². The van der Waals surface area contributed by atoms with E-state index >= 15 is 0 Å². The molecule has 2 aliphatic carbocycles. The van der Waals surface area contributed by atoms with E-state index in [4.69, 9.17) is 10.00 Å². The summed E-state index contributed by atoms with van der Waals surface area (Å²) < 4.78 is 5.18. The number of rotatable bonds is 10. The van der Waals surface area contributed by atoms with E-state index in [-0.39, 0.29) is 23.8 Å². The van der Waals surface area contributed by atoms with E-state index in [0.29, 0.717) is 30.7 Å². The second kappa shape index (κ2) is 10.4. The average molecular weight is 384 g/mol. The highest BCUT2D eigenvalue weighted by molar-refractivity contribution is 5.98. The quantitative estimate of drug-likeness (QED) is 0.341. The molecule has 4 atom stereocenters. The first-order valence-electron chi connectivity index (χ1n) is 10.1. The van der Waals surface area contributed by atoms with Crippen molar-refractivity contribution in [3.05, 3.63) is 47.2 Å². The molecule has 0 aromatic carbocycles. The van der Waals surface area contributed by atoms with Crippen molar-refractivity contribution in [2.45, 2.75) is 46.7 Å². The maximum atomic E-state index is 13.4. The highest BCUT2D eigenvalue weighted by Crippen LogP contribution is 2.40. The number of nitriles is 1. The highest BCUT2D eigenvalue weighted by Gasteiger charge is 2.40. The van der Waals surface area contributed by atoms with Crippen molar-refractivity contribution in [1.29, 1.82) is 5.26 Å². The first kappa shape index (κ1) is 22.1. The van der Waals surface area contributed by atoms with E-state index in [1.54, 1.807) is 13.2 Å². The molecular formula is C23H33N3O2. The summed E-state index contributed by atoms with van der Waals surface area (Å²) in [5, 5.41) is 15.6. The Balaban J connectivity index is 2.18. The predicted molar refractivity (Wildman–Crippen MR) is 112 cm³/mol. The molecule has 1 fully saturated rings. The van der Waals surface area contributed by atoms with Crippen LogP contribution in [-0.4, -0.2) is 25.8 Å². The Morgan fingerprint density at radius 3 is 2.75 bits per heavy atom. The summed E-state index contributed by atoms with van der Waals surface area (Å²) in [5.74, 6) is 1.27. The number of carbonyl (C=O) groups excluding carboxylic acids is 1. The number of hydrogen-bond acceptors (Lipinski definition) is 5. The van der Waals surface area contributed by atoms with Gasteiger partial charge in [-0.15, -0.1) is 0 Å². The summed E-state index contributed by atoms with van der Waals surface area (Å²) in [5.41, 5.74) is 2.73. The predicted octanol–water partition coefficient (Wildman–Crippen LogP) is 3.83. The topological polar surface area (TPSA) is 74.2 Å². The Morgan fingerprint density at radius 2 is 2.18 bits per heavy atom. The lowest BCUT2D eigenvalue weighted by molar-refractivity contribution is -0.118. The second-order valence-electron chi connectivity index (χ2n) is 8.23. The second-order valence-corrected chi connectivity index (χ2v) is 8.23. The van der Waals surface area contributed by atoms with E-state index < -0.39 is 0 Å². The number of ether oxygens (including phenoxy) is 1. The minimum Gasteiger partial charge on any atom is -0.369 e. The summed E-state index contributed by atoms with van der Waals surface area (Å²) in [6, 6.07) is 2.02. The zero-order valence-electron chi connectivity index (χ0n) is 17.7. The van der Waals surface area contributed by atoms with Crippen LogP contribution >= 0.6 is 0 Å². The third-order valence-corrected chi connectivity index (χ3v) is 5.17. The van der Waals surface area contributed by atoms with Gasteiger partial charge in [-0.25, -0.2) is 0 Å². The van der Waals surface area contributed by atoms with Crippen LogP contribution in [0.2, 0.25) is 0 Å². The van der Waals surface area contributed by atoms with E-state index in [2.05, 4.69) is 31.4 Å². The summed E-state index contributed by atoms with van der Waals surface area (Å²) in [6.07, 6.45) is 11.1. The smallest absolute Gasteiger partial charge is 0.185 e. The average Bonchev–Trinajstić information content (AvgIpc) is 3.37. The van der Waals surface area contributed by atoms with E-state index in [1.165, 1.54) is 6.08 Å². The van der Waals surface area contributed by atoms with Crippen molar-refractivity contribution in [3.8, 4) is 6.07 Å². The molecule has 5 nitrogen and oxygen atoms in total. The Labute approximate surface area is 169 Å². The molecule has 152 valence electrons. The van der Waals surface area contributed by atoms with Crippen LogP contribution in [0.25, 0.3) is 0 Å². The third-order valence-electron chi connectivity index (χ3n) is 5.17. The van der Waals surface area contributed by atoms with Gasteiger partial charge in [0.25, 0.3) is 0 Å². The van der Waals surface area contributed by atoms with Crippen molar-refractivity contribution in [3.63, 3.8) is 0 Å². The van der Waals surface area contributed by atoms with Crippen molar-refractivity contribution in [1.82, 2.24) is 10.6 Å². The molecule has 0 radical (unpaired) electrons. The molecule has 0 aromatic rings. The molecule has 0 amide bonds. The molecular weight excluding hydrogens is 350 g/mol. The maximum absolute atomic E-state index is 13.4. The van der Waals surface area contributed by atoms with Gasteiger partial charge in [-0.05, 0) is 49.2 Å². The van der Waals surface area contributed by atoms with Crippen molar-refractivity contribution in [2.75, 3.05) is 13.8 Å². The molecule has 0 saturated heterocycles. The van der Waals surface area contributed by atoms with Crippen LogP contribution in [0.1, 0.15) is 40.5 Å². The lowest BCUT2D eigenvalue weighted by atomic mass is 9.86. The monoisotopic (exact) mass is 383 g/mol. The largest absolute Gasteiger partial charge is 0.369 e. The number of methoxy groups -OCH3 is 1. The molecule has 0 aliphatic heterocycles. The van der Waals surface area contributed by atoms with E-state index in [9.17, 15) is 4.79 Å². The Hall–Kier alpha value is -2.16. The number of nitrogens with zero attached hydrogens (tertiary/aromatic N) is 1. The maximum Gasteiger partial charge on any atom is 0.185 e. The number of ketones is 1. The number of carbonyl (C=O) groups is 1. The highest BCUT2D eigenvalue weighted by atomic mass is 16.5. The van der Waals surface area contributed by atoms with Crippen LogP contribution in [0, 0.1) is 35.0 Å². The third kappa shape index (κ3) is 6.47. The number of nitrogens with one attached hydrogen (secondary N) is 2. The summed E-state index contributed by atoms with van der Waals surface area (Å²) >= 11 is 0. The van der Waals surface area contributed by atoms with Gasteiger partial charge in [0.2, 0.25) is 0 Å². The van der Waals surface area contributed by atoms with Crippen LogP contribution in [0.5, 0.6) is 0 Å². The minimum absolute atomic E-state index is 0.0195. The van der Waals surface area contributed by atoms with Crippen LogP contribution in [0.15, 0.2) is 47.2 Å². The zero-order valence-corrected chi connectivity index (χ0v) is 17.7. The van der Waals surface area contributed by atoms with Gasteiger partial charge in [-0.1, -0.05) is 44.6 Å². The van der Waals surface area contributed by atoms with Crippen LogP contribution < -0.4 is 10.6 Å². The van der Waals surface area contributed by atoms with Crippen LogP contribution in [-0.2, 0) is 9.53 Å². The standard InChI is InChI=1S/C23H33N3O2/c1-15(2)9-21(26-23(25-14-28-5)20-12-17(20)4)22(27)19-11-16(3)10-18(13-19)7-6-8-24/h6-7,9-11,15,17,19-20,23,25-26H,12-14H2,1-5H3/b7-6+,21-9+/t17?,19-,20?,23?/m0/s1. The fourth-order valence-corrected chi connectivity index (χ4v) is 3.66. The molecule has 0 aromatic heterocycles. The fraction of sp³-hybridized carbons (Fsp3) is 0.565. The van der Waals surface area contributed by atoms with E-state index in [1.807, 2.05) is 31.2 Å². The fourth-order valence-electron chi connectivity index (χ4n) is 3.66.